The molecule has 0 aliphatic carbocycles. The third kappa shape index (κ3) is 4.96. The maximum absolute atomic E-state index is 5.65. The molecule has 0 unspecified atom stereocenters. The molecule has 0 radical (unpaired) electrons. The summed E-state index contributed by atoms with van der Waals surface area (Å²) in [6, 6.07) is 4.14. The lowest BCUT2D eigenvalue weighted by Crippen LogP contribution is -2.19. The van der Waals surface area contributed by atoms with Gasteiger partial charge in [-0.25, -0.2) is 0 Å². The first-order chi connectivity index (χ1) is 8.54. The van der Waals surface area contributed by atoms with Crippen LogP contribution in [0.1, 0.15) is 25.0 Å². The standard InChI is InChI=1S/C14H22BrNO2/c1-10(2)7-16-8-12-6-13(15)5-11(3)14(12)18-9-17-4/h5-6,10,16H,7-9H2,1-4H3. The van der Waals surface area contributed by atoms with Crippen LogP contribution in [-0.4, -0.2) is 20.4 Å². The Bertz CT molecular complexity index is 380. The zero-order chi connectivity index (χ0) is 13.5. The van der Waals surface area contributed by atoms with E-state index in [0.29, 0.717) is 5.92 Å². The van der Waals surface area contributed by atoms with Gasteiger partial charge in [-0.1, -0.05) is 29.8 Å². The largest absolute Gasteiger partial charge is 0.467 e. The van der Waals surface area contributed by atoms with Gasteiger partial charge in [-0.05, 0) is 37.1 Å². The molecule has 0 amide bonds. The smallest absolute Gasteiger partial charge is 0.188 e. The van der Waals surface area contributed by atoms with Crippen molar-refractivity contribution in [2.45, 2.75) is 27.3 Å². The van der Waals surface area contributed by atoms with Crippen molar-refractivity contribution in [2.24, 2.45) is 5.92 Å². The Labute approximate surface area is 118 Å². The van der Waals surface area contributed by atoms with Crippen LogP contribution in [0, 0.1) is 12.8 Å². The van der Waals surface area contributed by atoms with Crippen molar-refractivity contribution in [1.29, 1.82) is 0 Å². The van der Waals surface area contributed by atoms with Crippen molar-refractivity contribution in [3.63, 3.8) is 0 Å². The molecule has 0 aliphatic heterocycles. The second-order valence-corrected chi connectivity index (χ2v) is 5.70. The van der Waals surface area contributed by atoms with E-state index in [1.165, 1.54) is 0 Å². The highest BCUT2D eigenvalue weighted by molar-refractivity contribution is 9.10. The molecule has 0 saturated heterocycles. The van der Waals surface area contributed by atoms with Crippen molar-refractivity contribution in [2.75, 3.05) is 20.4 Å². The van der Waals surface area contributed by atoms with E-state index in [1.54, 1.807) is 7.11 Å². The average Bonchev–Trinajstić information content (AvgIpc) is 2.27. The summed E-state index contributed by atoms with van der Waals surface area (Å²) in [6.45, 7) is 8.51. The van der Waals surface area contributed by atoms with Gasteiger partial charge in [0, 0.05) is 23.7 Å². The summed E-state index contributed by atoms with van der Waals surface area (Å²) in [5.74, 6) is 1.55. The van der Waals surface area contributed by atoms with Crippen LogP contribution in [0.3, 0.4) is 0 Å². The second-order valence-electron chi connectivity index (χ2n) is 4.79. The minimum absolute atomic E-state index is 0.277. The first kappa shape index (κ1) is 15.5. The molecule has 0 aromatic heterocycles. The van der Waals surface area contributed by atoms with Gasteiger partial charge in [-0.3, -0.25) is 0 Å². The Morgan fingerprint density at radius 1 is 1.33 bits per heavy atom. The van der Waals surface area contributed by atoms with Gasteiger partial charge in [0.2, 0.25) is 0 Å². The first-order valence-electron chi connectivity index (χ1n) is 6.16. The Hall–Kier alpha value is -0.580. The maximum atomic E-state index is 5.65. The topological polar surface area (TPSA) is 30.5 Å². The first-order valence-corrected chi connectivity index (χ1v) is 6.95. The number of nitrogens with one attached hydrogen (secondary N) is 1. The van der Waals surface area contributed by atoms with Gasteiger partial charge in [0.15, 0.2) is 6.79 Å². The molecular formula is C14H22BrNO2. The van der Waals surface area contributed by atoms with E-state index in [4.69, 9.17) is 9.47 Å². The number of ether oxygens (including phenoxy) is 2. The lowest BCUT2D eigenvalue weighted by Gasteiger charge is -2.15. The van der Waals surface area contributed by atoms with Crippen molar-refractivity contribution >= 4 is 15.9 Å². The molecule has 0 saturated carbocycles. The SMILES string of the molecule is COCOc1c(C)cc(Br)cc1CNCC(C)C. The molecule has 3 nitrogen and oxygen atoms in total. The average molecular weight is 316 g/mol. The fraction of sp³-hybridized carbons (Fsp3) is 0.571. The minimum atomic E-state index is 0.277. The molecule has 0 spiro atoms. The number of methoxy groups -OCH3 is 1. The zero-order valence-electron chi connectivity index (χ0n) is 11.5. The van der Waals surface area contributed by atoms with Gasteiger partial charge >= 0.3 is 0 Å². The number of rotatable bonds is 7. The molecular weight excluding hydrogens is 294 g/mol. The van der Waals surface area contributed by atoms with Gasteiger partial charge < -0.3 is 14.8 Å². The van der Waals surface area contributed by atoms with Crippen LogP contribution in [0.4, 0.5) is 0 Å². The highest BCUT2D eigenvalue weighted by atomic mass is 79.9. The highest BCUT2D eigenvalue weighted by Crippen LogP contribution is 2.28. The van der Waals surface area contributed by atoms with Crippen LogP contribution in [0.15, 0.2) is 16.6 Å². The van der Waals surface area contributed by atoms with Crippen LogP contribution in [0.5, 0.6) is 5.75 Å². The van der Waals surface area contributed by atoms with E-state index >= 15 is 0 Å². The minimum Gasteiger partial charge on any atom is -0.467 e. The molecule has 1 N–H and O–H groups in total. The van der Waals surface area contributed by atoms with E-state index in [-0.39, 0.29) is 6.79 Å². The van der Waals surface area contributed by atoms with E-state index in [0.717, 1.165) is 34.4 Å². The summed E-state index contributed by atoms with van der Waals surface area (Å²) in [6.07, 6.45) is 0. The van der Waals surface area contributed by atoms with Crippen LogP contribution in [0.2, 0.25) is 0 Å². The van der Waals surface area contributed by atoms with Crippen molar-refractivity contribution in [3.8, 4) is 5.75 Å². The van der Waals surface area contributed by atoms with Gasteiger partial charge in [-0.2, -0.15) is 0 Å². The normalized spacial score (nSPS) is 11.0. The van der Waals surface area contributed by atoms with Crippen LogP contribution >= 0.6 is 15.9 Å². The monoisotopic (exact) mass is 315 g/mol. The zero-order valence-corrected chi connectivity index (χ0v) is 13.1. The third-order valence-corrected chi connectivity index (χ3v) is 2.96. The Kier molecular flexibility index (Phi) is 6.68. The van der Waals surface area contributed by atoms with Crippen molar-refractivity contribution in [3.05, 3.63) is 27.7 Å². The van der Waals surface area contributed by atoms with Gasteiger partial charge in [0.1, 0.15) is 5.75 Å². The van der Waals surface area contributed by atoms with E-state index in [9.17, 15) is 0 Å². The summed E-state index contributed by atoms with van der Waals surface area (Å²) in [5.41, 5.74) is 2.27. The number of benzene rings is 1. The van der Waals surface area contributed by atoms with Gasteiger partial charge in [0.05, 0.1) is 0 Å². The number of hydrogen-bond acceptors (Lipinski definition) is 3. The van der Waals surface area contributed by atoms with Crippen LogP contribution < -0.4 is 10.1 Å². The molecule has 4 heteroatoms. The Morgan fingerprint density at radius 3 is 2.67 bits per heavy atom. The van der Waals surface area contributed by atoms with Crippen LogP contribution in [-0.2, 0) is 11.3 Å². The summed E-state index contributed by atoms with van der Waals surface area (Å²) in [7, 11) is 1.63. The van der Waals surface area contributed by atoms with E-state index in [1.807, 2.05) is 6.92 Å². The number of hydrogen-bond donors (Lipinski definition) is 1. The summed E-state index contributed by atoms with van der Waals surface area (Å²) in [4.78, 5) is 0. The molecule has 0 aliphatic rings. The second kappa shape index (κ2) is 7.77. The lowest BCUT2D eigenvalue weighted by molar-refractivity contribution is 0.0498. The quantitative estimate of drug-likeness (QED) is 0.781. The third-order valence-electron chi connectivity index (χ3n) is 2.51. The van der Waals surface area contributed by atoms with Crippen molar-refractivity contribution in [1.82, 2.24) is 5.32 Å². The van der Waals surface area contributed by atoms with Crippen LogP contribution in [0.25, 0.3) is 0 Å². The van der Waals surface area contributed by atoms with E-state index in [2.05, 4.69) is 47.2 Å². The van der Waals surface area contributed by atoms with Gasteiger partial charge in [-0.15, -0.1) is 0 Å². The van der Waals surface area contributed by atoms with E-state index < -0.39 is 0 Å². The fourth-order valence-corrected chi connectivity index (χ4v) is 2.37. The molecule has 1 aromatic carbocycles. The molecule has 102 valence electrons. The lowest BCUT2D eigenvalue weighted by atomic mass is 10.1. The maximum Gasteiger partial charge on any atom is 0.188 e. The predicted molar refractivity (Wildman–Crippen MR) is 77.9 cm³/mol. The molecule has 0 fully saturated rings. The molecule has 0 atom stereocenters. The van der Waals surface area contributed by atoms with Gasteiger partial charge in [0.25, 0.3) is 0 Å². The molecule has 0 bridgehead atoms. The van der Waals surface area contributed by atoms with Crippen molar-refractivity contribution < 1.29 is 9.47 Å². The predicted octanol–water partition coefficient (Wildman–Crippen LogP) is 3.49. The number of aryl methyl sites for hydroxylation is 1. The molecule has 1 rings (SSSR count). The fourth-order valence-electron chi connectivity index (χ4n) is 1.75. The Morgan fingerprint density at radius 2 is 2.06 bits per heavy atom. The molecule has 1 aromatic rings. The molecule has 0 heterocycles. The summed E-state index contributed by atoms with van der Waals surface area (Å²) < 4.78 is 11.7. The highest BCUT2D eigenvalue weighted by Gasteiger charge is 2.09. The number of halogens is 1. The summed E-state index contributed by atoms with van der Waals surface area (Å²) in [5, 5.41) is 3.43. The molecule has 18 heavy (non-hydrogen) atoms. The summed E-state index contributed by atoms with van der Waals surface area (Å²) >= 11 is 3.52. The Balaban J connectivity index is 2.78.